The van der Waals surface area contributed by atoms with E-state index in [9.17, 15) is 5.11 Å². The Kier molecular flexibility index (Phi) is 1.60. The summed E-state index contributed by atoms with van der Waals surface area (Å²) >= 11 is 0. The number of hydrogen-bond donors (Lipinski definition) is 1. The van der Waals surface area contributed by atoms with Gasteiger partial charge in [-0.3, -0.25) is 0 Å². The van der Waals surface area contributed by atoms with Crippen molar-refractivity contribution in [1.82, 2.24) is 9.97 Å². The van der Waals surface area contributed by atoms with Crippen LogP contribution in [0.5, 0.6) is 0 Å². The molecule has 4 heteroatoms. The molecule has 0 aliphatic rings. The van der Waals surface area contributed by atoms with E-state index < -0.39 is 0 Å². The average Bonchev–Trinajstić information content (AvgIpc) is 1.88. The lowest BCUT2D eigenvalue weighted by atomic mass is 10.4. The van der Waals surface area contributed by atoms with Crippen molar-refractivity contribution in [3.63, 3.8) is 0 Å². The minimum atomic E-state index is -0.341. The highest BCUT2D eigenvalue weighted by Gasteiger charge is 1.91. The summed E-state index contributed by atoms with van der Waals surface area (Å²) in [5, 5.41) is 10.1. The van der Waals surface area contributed by atoms with Crippen LogP contribution in [0.3, 0.4) is 0 Å². The predicted octanol–water partition coefficient (Wildman–Crippen LogP) is -0.0107. The molecular weight excluding hydrogens is 118 g/mol. The van der Waals surface area contributed by atoms with E-state index in [1.807, 2.05) is 0 Å². The highest BCUT2D eigenvalue weighted by atomic mass is 16.3. The molecular formula is C5H6N3O. The molecule has 0 atom stereocenters. The molecule has 0 aromatic carbocycles. The van der Waals surface area contributed by atoms with Gasteiger partial charge in [-0.15, -0.1) is 0 Å². The van der Waals surface area contributed by atoms with E-state index in [1.165, 1.54) is 6.20 Å². The largest absolute Gasteiger partial charge is 0.368 e. The fraction of sp³-hybridized carbons (Fsp3) is 0.200. The summed E-state index contributed by atoms with van der Waals surface area (Å²) < 4.78 is 0. The normalized spacial score (nSPS) is 9.44. The monoisotopic (exact) mass is 124 g/mol. The van der Waals surface area contributed by atoms with Gasteiger partial charge >= 0.3 is 0 Å². The molecule has 0 fully saturated rings. The van der Waals surface area contributed by atoms with E-state index >= 15 is 0 Å². The standard InChI is InChI=1S/C5H6N3O/c6-5-7-2-1-4(3-9)8-5/h1-2H,3H2,(H2,6,7,8). The Balaban J connectivity index is 2.94. The molecule has 2 N–H and O–H groups in total. The van der Waals surface area contributed by atoms with Crippen LogP contribution in [-0.4, -0.2) is 9.97 Å². The number of nitrogens with zero attached hydrogens (tertiary/aromatic N) is 2. The van der Waals surface area contributed by atoms with E-state index in [-0.39, 0.29) is 12.6 Å². The quantitative estimate of drug-likeness (QED) is 0.572. The zero-order valence-corrected chi connectivity index (χ0v) is 4.74. The minimum Gasteiger partial charge on any atom is -0.368 e. The zero-order valence-electron chi connectivity index (χ0n) is 4.74. The van der Waals surface area contributed by atoms with Crippen molar-refractivity contribution < 1.29 is 5.11 Å². The van der Waals surface area contributed by atoms with Crippen LogP contribution >= 0.6 is 0 Å². The maximum atomic E-state index is 10.1. The van der Waals surface area contributed by atoms with Gasteiger partial charge in [0, 0.05) is 6.20 Å². The molecule has 0 amide bonds. The maximum Gasteiger partial charge on any atom is 0.220 e. The first-order valence-electron chi connectivity index (χ1n) is 2.48. The Morgan fingerprint density at radius 3 is 2.89 bits per heavy atom. The third-order valence-electron chi connectivity index (χ3n) is 0.880. The molecule has 1 aromatic rings. The lowest BCUT2D eigenvalue weighted by Crippen LogP contribution is -1.96. The SMILES string of the molecule is Nc1nccc(C[O])n1. The Morgan fingerprint density at radius 2 is 2.44 bits per heavy atom. The van der Waals surface area contributed by atoms with Crippen molar-refractivity contribution in [3.05, 3.63) is 18.0 Å². The molecule has 9 heavy (non-hydrogen) atoms. The second-order valence-electron chi connectivity index (χ2n) is 1.55. The number of aromatic nitrogens is 2. The summed E-state index contributed by atoms with van der Waals surface area (Å²) in [6.07, 6.45) is 1.47. The molecule has 0 saturated heterocycles. The van der Waals surface area contributed by atoms with Crippen molar-refractivity contribution in [1.29, 1.82) is 0 Å². The molecule has 0 unspecified atom stereocenters. The molecule has 1 heterocycles. The van der Waals surface area contributed by atoms with Crippen molar-refractivity contribution in [2.45, 2.75) is 6.61 Å². The van der Waals surface area contributed by atoms with Crippen LogP contribution in [0.15, 0.2) is 12.3 Å². The molecule has 1 aromatic heterocycles. The third-order valence-corrected chi connectivity index (χ3v) is 0.880. The van der Waals surface area contributed by atoms with Crippen LogP contribution in [0.25, 0.3) is 0 Å². The zero-order chi connectivity index (χ0) is 6.69. The van der Waals surface area contributed by atoms with E-state index in [1.54, 1.807) is 6.07 Å². The Morgan fingerprint density at radius 1 is 1.67 bits per heavy atom. The molecule has 0 aliphatic carbocycles. The van der Waals surface area contributed by atoms with Gasteiger partial charge in [-0.2, -0.15) is 0 Å². The number of anilines is 1. The third kappa shape index (κ3) is 1.36. The summed E-state index contributed by atoms with van der Waals surface area (Å²) in [7, 11) is 0. The van der Waals surface area contributed by atoms with Gasteiger partial charge < -0.3 is 5.73 Å². The van der Waals surface area contributed by atoms with E-state index in [2.05, 4.69) is 9.97 Å². The fourth-order valence-electron chi connectivity index (χ4n) is 0.493. The maximum absolute atomic E-state index is 10.1. The van der Waals surface area contributed by atoms with Gasteiger partial charge in [0.2, 0.25) is 5.95 Å². The van der Waals surface area contributed by atoms with Crippen molar-refractivity contribution in [3.8, 4) is 0 Å². The van der Waals surface area contributed by atoms with Gasteiger partial charge in [-0.05, 0) is 6.07 Å². The summed E-state index contributed by atoms with van der Waals surface area (Å²) in [6, 6.07) is 1.54. The average molecular weight is 124 g/mol. The highest BCUT2D eigenvalue weighted by molar-refractivity contribution is 5.16. The lowest BCUT2D eigenvalue weighted by molar-refractivity contribution is 0.174. The number of rotatable bonds is 1. The van der Waals surface area contributed by atoms with Gasteiger partial charge in [0.15, 0.2) is 0 Å². The van der Waals surface area contributed by atoms with Crippen LogP contribution < -0.4 is 5.73 Å². The van der Waals surface area contributed by atoms with E-state index in [4.69, 9.17) is 5.73 Å². The summed E-state index contributed by atoms with van der Waals surface area (Å²) in [5.74, 6) is 0.156. The second-order valence-corrected chi connectivity index (χ2v) is 1.55. The Bertz CT molecular complexity index is 201. The second kappa shape index (κ2) is 2.41. The van der Waals surface area contributed by atoms with Crippen LogP contribution in [0.2, 0.25) is 0 Å². The van der Waals surface area contributed by atoms with Crippen LogP contribution in [0.4, 0.5) is 5.95 Å². The van der Waals surface area contributed by atoms with Crippen LogP contribution in [0, 0.1) is 0 Å². The Labute approximate surface area is 52.4 Å². The number of nitrogen functional groups attached to an aromatic ring is 1. The number of hydrogen-bond acceptors (Lipinski definition) is 3. The Hall–Kier alpha value is -1.16. The summed E-state index contributed by atoms with van der Waals surface area (Å²) in [6.45, 7) is -0.341. The topological polar surface area (TPSA) is 71.7 Å². The highest BCUT2D eigenvalue weighted by Crippen LogP contribution is 1.94. The van der Waals surface area contributed by atoms with Gasteiger partial charge in [0.25, 0.3) is 0 Å². The van der Waals surface area contributed by atoms with Gasteiger partial charge in [0.05, 0.1) is 5.69 Å². The molecule has 1 radical (unpaired) electrons. The van der Waals surface area contributed by atoms with Gasteiger partial charge in [-0.25, -0.2) is 15.1 Å². The summed E-state index contributed by atoms with van der Waals surface area (Å²) in [5.41, 5.74) is 5.61. The van der Waals surface area contributed by atoms with E-state index in [0.717, 1.165) is 0 Å². The molecule has 47 valence electrons. The smallest absolute Gasteiger partial charge is 0.220 e. The fourth-order valence-corrected chi connectivity index (χ4v) is 0.493. The van der Waals surface area contributed by atoms with E-state index in [0.29, 0.717) is 5.69 Å². The van der Waals surface area contributed by atoms with Crippen LogP contribution in [0.1, 0.15) is 5.69 Å². The first kappa shape index (κ1) is 5.97. The molecule has 1 rings (SSSR count). The van der Waals surface area contributed by atoms with Gasteiger partial charge in [-0.1, -0.05) is 0 Å². The molecule has 0 aliphatic heterocycles. The molecule has 0 bridgehead atoms. The predicted molar refractivity (Wildman–Crippen MR) is 30.8 cm³/mol. The molecule has 0 saturated carbocycles. The van der Waals surface area contributed by atoms with Crippen molar-refractivity contribution in [2.75, 3.05) is 5.73 Å². The first-order chi connectivity index (χ1) is 4.33. The van der Waals surface area contributed by atoms with Crippen molar-refractivity contribution >= 4 is 5.95 Å². The van der Waals surface area contributed by atoms with Gasteiger partial charge in [0.1, 0.15) is 6.61 Å². The minimum absolute atomic E-state index is 0.156. The lowest BCUT2D eigenvalue weighted by Gasteiger charge is -1.91. The number of nitrogens with two attached hydrogens (primary N) is 1. The first-order valence-corrected chi connectivity index (χ1v) is 2.48. The molecule has 0 spiro atoms. The summed E-state index contributed by atoms with van der Waals surface area (Å²) in [4.78, 5) is 7.26. The van der Waals surface area contributed by atoms with Crippen molar-refractivity contribution in [2.24, 2.45) is 0 Å². The van der Waals surface area contributed by atoms with Crippen LogP contribution in [-0.2, 0) is 11.7 Å². The molecule has 4 nitrogen and oxygen atoms in total.